The van der Waals surface area contributed by atoms with Crippen LogP contribution in [0.2, 0.25) is 0 Å². The molecular formula is C16H11N3O5S. The predicted octanol–water partition coefficient (Wildman–Crippen LogP) is 3.00. The number of thiazole rings is 1. The van der Waals surface area contributed by atoms with Crippen LogP contribution in [0.1, 0.15) is 10.4 Å². The number of amides is 1. The van der Waals surface area contributed by atoms with Crippen molar-refractivity contribution in [1.82, 2.24) is 4.98 Å². The molecule has 0 fully saturated rings. The Morgan fingerprint density at radius 2 is 1.96 bits per heavy atom. The molecule has 1 aromatic heterocycles. The average Bonchev–Trinajstić information content (AvgIpc) is 3.08. The summed E-state index contributed by atoms with van der Waals surface area (Å²) in [4.78, 5) is 37.4. The van der Waals surface area contributed by atoms with E-state index in [2.05, 4.69) is 10.3 Å². The third-order valence-corrected chi connectivity index (χ3v) is 4.10. The number of carbonyl (C=O) groups is 2. The number of carbonyl (C=O) groups excluding carboxylic acids is 2. The van der Waals surface area contributed by atoms with Crippen molar-refractivity contribution in [3.63, 3.8) is 0 Å². The van der Waals surface area contributed by atoms with Crippen LogP contribution in [0.3, 0.4) is 0 Å². The van der Waals surface area contributed by atoms with E-state index >= 15 is 0 Å². The largest absolute Gasteiger partial charge is 0.452 e. The molecule has 1 amide bonds. The maximum atomic E-state index is 12.0. The summed E-state index contributed by atoms with van der Waals surface area (Å²) in [6, 6.07) is 12.6. The molecule has 0 spiro atoms. The minimum Gasteiger partial charge on any atom is -0.452 e. The molecule has 1 N–H and O–H groups in total. The number of esters is 1. The maximum absolute atomic E-state index is 12.0. The van der Waals surface area contributed by atoms with E-state index in [1.165, 1.54) is 0 Å². The van der Waals surface area contributed by atoms with Gasteiger partial charge in [0.05, 0.1) is 10.5 Å². The van der Waals surface area contributed by atoms with Crippen LogP contribution in [0.25, 0.3) is 10.8 Å². The quantitative estimate of drug-likeness (QED) is 0.427. The molecule has 0 atom stereocenters. The van der Waals surface area contributed by atoms with E-state index in [1.54, 1.807) is 18.2 Å². The van der Waals surface area contributed by atoms with Crippen LogP contribution < -0.4 is 5.32 Å². The van der Waals surface area contributed by atoms with Crippen LogP contribution >= 0.6 is 11.3 Å². The molecule has 126 valence electrons. The molecule has 1 heterocycles. The van der Waals surface area contributed by atoms with E-state index in [0.29, 0.717) is 5.56 Å². The van der Waals surface area contributed by atoms with E-state index in [9.17, 15) is 19.7 Å². The number of benzene rings is 2. The third kappa shape index (κ3) is 3.96. The van der Waals surface area contributed by atoms with Gasteiger partial charge in [-0.1, -0.05) is 30.3 Å². The van der Waals surface area contributed by atoms with Crippen LogP contribution in [0.4, 0.5) is 10.1 Å². The van der Waals surface area contributed by atoms with Gasteiger partial charge in [-0.2, -0.15) is 0 Å². The molecule has 0 radical (unpaired) electrons. The van der Waals surface area contributed by atoms with Gasteiger partial charge >= 0.3 is 11.0 Å². The Kier molecular flexibility index (Phi) is 4.66. The minimum absolute atomic E-state index is 0.0680. The summed E-state index contributed by atoms with van der Waals surface area (Å²) < 4.78 is 4.96. The summed E-state index contributed by atoms with van der Waals surface area (Å²) >= 11 is 0.719. The van der Waals surface area contributed by atoms with Gasteiger partial charge in [-0.15, -0.1) is 0 Å². The molecule has 0 aliphatic carbocycles. The topological polar surface area (TPSA) is 111 Å². The van der Waals surface area contributed by atoms with Crippen molar-refractivity contribution in [2.75, 3.05) is 11.9 Å². The van der Waals surface area contributed by atoms with Crippen molar-refractivity contribution in [2.24, 2.45) is 0 Å². The summed E-state index contributed by atoms with van der Waals surface area (Å²) in [6.45, 7) is -0.515. The second-order valence-corrected chi connectivity index (χ2v) is 5.96. The van der Waals surface area contributed by atoms with E-state index in [-0.39, 0.29) is 10.1 Å². The van der Waals surface area contributed by atoms with Gasteiger partial charge in [0.25, 0.3) is 5.91 Å². The number of fused-ring (bicyclic) bond motifs is 1. The molecule has 2 aromatic carbocycles. The maximum Gasteiger partial charge on any atom is 0.345 e. The number of aromatic nitrogens is 1. The fourth-order valence-electron chi connectivity index (χ4n) is 2.09. The van der Waals surface area contributed by atoms with Crippen molar-refractivity contribution < 1.29 is 19.2 Å². The normalized spacial score (nSPS) is 10.4. The fraction of sp³-hybridized carbons (Fsp3) is 0.0625. The number of hydrogen-bond acceptors (Lipinski definition) is 7. The summed E-state index contributed by atoms with van der Waals surface area (Å²) in [7, 11) is 0. The van der Waals surface area contributed by atoms with Crippen LogP contribution in [-0.4, -0.2) is 28.4 Å². The molecule has 0 aliphatic rings. The van der Waals surface area contributed by atoms with Crippen LogP contribution in [0, 0.1) is 10.1 Å². The van der Waals surface area contributed by atoms with Crippen molar-refractivity contribution in [1.29, 1.82) is 0 Å². The van der Waals surface area contributed by atoms with Gasteiger partial charge in [-0.05, 0) is 34.2 Å². The lowest BCUT2D eigenvalue weighted by atomic mass is 10.1. The van der Waals surface area contributed by atoms with E-state index in [4.69, 9.17) is 4.74 Å². The van der Waals surface area contributed by atoms with Gasteiger partial charge in [0.1, 0.15) is 6.20 Å². The first-order valence-corrected chi connectivity index (χ1v) is 7.90. The second kappa shape index (κ2) is 7.05. The second-order valence-electron chi connectivity index (χ2n) is 4.95. The molecule has 0 bridgehead atoms. The van der Waals surface area contributed by atoms with E-state index < -0.39 is 23.4 Å². The zero-order valence-corrected chi connectivity index (χ0v) is 13.5. The molecule has 0 unspecified atom stereocenters. The molecule has 0 saturated carbocycles. The average molecular weight is 357 g/mol. The first kappa shape index (κ1) is 16.5. The number of anilines is 1. The lowest BCUT2D eigenvalue weighted by Gasteiger charge is -2.05. The lowest BCUT2D eigenvalue weighted by Crippen LogP contribution is -2.20. The highest BCUT2D eigenvalue weighted by molar-refractivity contribution is 7.18. The molecule has 8 nitrogen and oxygen atoms in total. The molecule has 9 heteroatoms. The van der Waals surface area contributed by atoms with Gasteiger partial charge in [0, 0.05) is 0 Å². The number of nitro groups is 1. The number of ether oxygens (including phenoxy) is 1. The Bertz CT molecular complexity index is 969. The van der Waals surface area contributed by atoms with Crippen LogP contribution in [0.5, 0.6) is 0 Å². The molecule has 0 saturated heterocycles. The lowest BCUT2D eigenvalue weighted by molar-refractivity contribution is -0.380. The number of rotatable bonds is 5. The number of hydrogen-bond donors (Lipinski definition) is 1. The van der Waals surface area contributed by atoms with Crippen molar-refractivity contribution >= 4 is 44.1 Å². The third-order valence-electron chi connectivity index (χ3n) is 3.24. The SMILES string of the molecule is O=C(COC(=O)c1ccc2ccccc2c1)Nc1ncc([N+](=O)[O-])s1. The Hall–Kier alpha value is -3.33. The standard InChI is InChI=1S/C16H11N3O5S/c20-13(18-16-17-8-14(25-16)19(22)23)9-24-15(21)12-6-5-10-3-1-2-4-11(10)7-12/h1-8H,9H2,(H,17,18,20). The predicted molar refractivity (Wildman–Crippen MR) is 91.6 cm³/mol. The van der Waals surface area contributed by atoms with Crippen molar-refractivity contribution in [2.45, 2.75) is 0 Å². The Morgan fingerprint density at radius 1 is 1.20 bits per heavy atom. The Labute approximate surface area is 145 Å². The first-order chi connectivity index (χ1) is 12.0. The molecule has 0 aliphatic heterocycles. The molecular weight excluding hydrogens is 346 g/mol. The monoisotopic (exact) mass is 357 g/mol. The highest BCUT2D eigenvalue weighted by Crippen LogP contribution is 2.24. The summed E-state index contributed by atoms with van der Waals surface area (Å²) in [5, 5.41) is 14.6. The van der Waals surface area contributed by atoms with Crippen LogP contribution in [0.15, 0.2) is 48.7 Å². The van der Waals surface area contributed by atoms with Crippen molar-refractivity contribution in [3.05, 3.63) is 64.3 Å². The zero-order chi connectivity index (χ0) is 17.8. The Balaban J connectivity index is 1.58. The van der Waals surface area contributed by atoms with Gasteiger partial charge in [-0.25, -0.2) is 9.78 Å². The van der Waals surface area contributed by atoms with Crippen molar-refractivity contribution in [3.8, 4) is 0 Å². The van der Waals surface area contributed by atoms with Gasteiger partial charge in [0.15, 0.2) is 11.7 Å². The van der Waals surface area contributed by atoms with Gasteiger partial charge in [0.2, 0.25) is 0 Å². The zero-order valence-electron chi connectivity index (χ0n) is 12.7. The minimum atomic E-state index is -0.633. The molecule has 3 rings (SSSR count). The smallest absolute Gasteiger partial charge is 0.345 e. The van der Waals surface area contributed by atoms with Crippen LogP contribution in [-0.2, 0) is 9.53 Å². The van der Waals surface area contributed by atoms with E-state index in [1.807, 2.05) is 24.3 Å². The molecule has 3 aromatic rings. The van der Waals surface area contributed by atoms with Gasteiger partial charge in [-0.3, -0.25) is 20.2 Å². The van der Waals surface area contributed by atoms with E-state index in [0.717, 1.165) is 28.3 Å². The first-order valence-electron chi connectivity index (χ1n) is 7.09. The highest BCUT2D eigenvalue weighted by Gasteiger charge is 2.15. The Morgan fingerprint density at radius 3 is 2.68 bits per heavy atom. The number of nitrogens with one attached hydrogen (secondary N) is 1. The van der Waals surface area contributed by atoms with Gasteiger partial charge < -0.3 is 4.74 Å². The summed E-state index contributed by atoms with van der Waals surface area (Å²) in [5.41, 5.74) is 0.330. The highest BCUT2D eigenvalue weighted by atomic mass is 32.1. The summed E-state index contributed by atoms with van der Waals surface area (Å²) in [5.74, 6) is -1.26. The summed E-state index contributed by atoms with van der Waals surface area (Å²) in [6.07, 6.45) is 1.04. The molecule has 25 heavy (non-hydrogen) atoms. The number of nitrogens with zero attached hydrogens (tertiary/aromatic N) is 2. The fourth-order valence-corrected chi connectivity index (χ4v) is 2.74.